The molecule has 0 saturated heterocycles. The number of carbonyl (C=O) groups excluding carboxylic acids is 2. The molecule has 0 heterocycles. The van der Waals surface area contributed by atoms with E-state index in [-0.39, 0.29) is 30.2 Å². The Bertz CT molecular complexity index is 907. The van der Waals surface area contributed by atoms with Gasteiger partial charge in [0.2, 0.25) is 11.8 Å². The number of carbonyl (C=O) groups is 2. The van der Waals surface area contributed by atoms with Gasteiger partial charge in [-0.3, -0.25) is 9.59 Å². The van der Waals surface area contributed by atoms with Crippen molar-refractivity contribution in [1.29, 1.82) is 0 Å². The maximum absolute atomic E-state index is 13.5. The molecule has 0 unspecified atom stereocenters. The first-order chi connectivity index (χ1) is 14.9. The molecule has 1 aliphatic carbocycles. The van der Waals surface area contributed by atoms with Crippen molar-refractivity contribution in [3.8, 4) is 0 Å². The van der Waals surface area contributed by atoms with E-state index >= 15 is 0 Å². The minimum atomic E-state index is -0.945. The zero-order valence-electron chi connectivity index (χ0n) is 17.5. The van der Waals surface area contributed by atoms with Crippen molar-refractivity contribution in [3.05, 3.63) is 70.5 Å². The van der Waals surface area contributed by atoms with Crippen LogP contribution >= 0.6 is 23.2 Å². The Balaban J connectivity index is 1.97. The number of benzene rings is 2. The number of nitrogens with one attached hydrogen (secondary N) is 1. The summed E-state index contributed by atoms with van der Waals surface area (Å²) in [6, 6.07) is 11.9. The van der Waals surface area contributed by atoms with Gasteiger partial charge in [-0.2, -0.15) is 0 Å². The topological polar surface area (TPSA) is 49.4 Å². The largest absolute Gasteiger partial charge is 0.351 e. The van der Waals surface area contributed by atoms with Crippen LogP contribution in [0.15, 0.2) is 48.5 Å². The molecule has 3 rings (SSSR count). The number of hydrogen-bond acceptors (Lipinski definition) is 2. The second kappa shape index (κ2) is 11.0. The molecule has 2 amide bonds. The van der Waals surface area contributed by atoms with Gasteiger partial charge in [-0.05, 0) is 42.5 Å². The summed E-state index contributed by atoms with van der Waals surface area (Å²) in [5, 5.41) is 3.55. The highest BCUT2D eigenvalue weighted by atomic mass is 35.5. The second-order valence-corrected chi connectivity index (χ2v) is 8.76. The number of halogens is 3. The Hall–Kier alpha value is -2.11. The summed E-state index contributed by atoms with van der Waals surface area (Å²) in [7, 11) is 0. The molecular weight excluding hydrogens is 438 g/mol. The van der Waals surface area contributed by atoms with Gasteiger partial charge in [0.15, 0.2) is 0 Å². The van der Waals surface area contributed by atoms with E-state index in [2.05, 4.69) is 12.2 Å². The lowest BCUT2D eigenvalue weighted by atomic mass is 9.85. The molecule has 2 aromatic rings. The summed E-state index contributed by atoms with van der Waals surface area (Å²) in [6.45, 7) is 2.24. The van der Waals surface area contributed by atoms with Gasteiger partial charge in [-0.15, -0.1) is 11.6 Å². The van der Waals surface area contributed by atoms with Gasteiger partial charge >= 0.3 is 0 Å². The molecule has 4 nitrogen and oxygen atoms in total. The smallest absolute Gasteiger partial charge is 0.247 e. The van der Waals surface area contributed by atoms with Crippen molar-refractivity contribution in [1.82, 2.24) is 10.2 Å². The monoisotopic (exact) mass is 464 g/mol. The highest BCUT2D eigenvalue weighted by Crippen LogP contribution is 2.31. The summed E-state index contributed by atoms with van der Waals surface area (Å²) in [4.78, 5) is 27.8. The zero-order valence-corrected chi connectivity index (χ0v) is 19.0. The Kier molecular flexibility index (Phi) is 8.33. The summed E-state index contributed by atoms with van der Waals surface area (Å²) in [5.41, 5.74) is 1.22. The van der Waals surface area contributed by atoms with Crippen LogP contribution in [-0.4, -0.2) is 28.6 Å². The first-order valence-corrected chi connectivity index (χ1v) is 11.5. The van der Waals surface area contributed by atoms with E-state index in [4.69, 9.17) is 23.2 Å². The summed E-state index contributed by atoms with van der Waals surface area (Å²) in [5.74, 6) is -0.977. The van der Waals surface area contributed by atoms with Gasteiger partial charge in [0, 0.05) is 23.2 Å². The molecule has 166 valence electrons. The summed E-state index contributed by atoms with van der Waals surface area (Å²) < 4.78 is 13.4. The van der Waals surface area contributed by atoms with Gasteiger partial charge in [0.1, 0.15) is 17.7 Å². The number of alkyl halides is 1. The second-order valence-electron chi connectivity index (χ2n) is 8.08. The third-order valence-corrected chi connectivity index (χ3v) is 6.47. The van der Waals surface area contributed by atoms with Crippen molar-refractivity contribution in [2.75, 3.05) is 5.88 Å². The lowest BCUT2D eigenvalue weighted by Gasteiger charge is -2.35. The van der Waals surface area contributed by atoms with E-state index in [1.165, 1.54) is 17.0 Å². The molecule has 1 aliphatic rings. The molecule has 0 aromatic heterocycles. The number of nitrogens with zero attached hydrogens (tertiary/aromatic N) is 1. The van der Waals surface area contributed by atoms with Crippen molar-refractivity contribution in [2.24, 2.45) is 5.92 Å². The minimum Gasteiger partial charge on any atom is -0.351 e. The van der Waals surface area contributed by atoms with E-state index in [9.17, 15) is 14.0 Å². The first-order valence-electron chi connectivity index (χ1n) is 10.6. The van der Waals surface area contributed by atoms with Crippen LogP contribution in [0, 0.1) is 11.7 Å². The fourth-order valence-electron chi connectivity index (χ4n) is 4.13. The fourth-order valence-corrected chi connectivity index (χ4v) is 4.52. The van der Waals surface area contributed by atoms with Crippen LogP contribution in [0.4, 0.5) is 4.39 Å². The SMILES string of the molecule is C[C@@H]1CCCC[C@@H]1NC(=O)[C@H](c1ccccc1Cl)N(Cc1ccc(F)cc1)C(=O)CCl. The molecule has 0 spiro atoms. The third kappa shape index (κ3) is 5.98. The van der Waals surface area contributed by atoms with Crippen molar-refractivity contribution < 1.29 is 14.0 Å². The van der Waals surface area contributed by atoms with E-state index < -0.39 is 11.9 Å². The van der Waals surface area contributed by atoms with Crippen LogP contribution in [0.3, 0.4) is 0 Å². The fraction of sp³-hybridized carbons (Fsp3) is 0.417. The van der Waals surface area contributed by atoms with E-state index in [0.717, 1.165) is 25.7 Å². The molecule has 0 aliphatic heterocycles. The average Bonchev–Trinajstić information content (AvgIpc) is 2.77. The van der Waals surface area contributed by atoms with E-state index in [0.29, 0.717) is 22.1 Å². The van der Waals surface area contributed by atoms with Crippen LogP contribution in [0.2, 0.25) is 5.02 Å². The van der Waals surface area contributed by atoms with Crippen molar-refractivity contribution in [3.63, 3.8) is 0 Å². The molecule has 1 saturated carbocycles. The predicted molar refractivity (Wildman–Crippen MR) is 121 cm³/mol. The Morgan fingerprint density at radius 1 is 1.13 bits per heavy atom. The van der Waals surface area contributed by atoms with Crippen LogP contribution in [-0.2, 0) is 16.1 Å². The maximum Gasteiger partial charge on any atom is 0.247 e. The molecule has 31 heavy (non-hydrogen) atoms. The van der Waals surface area contributed by atoms with Crippen molar-refractivity contribution >= 4 is 35.0 Å². The predicted octanol–water partition coefficient (Wildman–Crippen LogP) is 5.48. The molecule has 3 atom stereocenters. The van der Waals surface area contributed by atoms with Crippen LogP contribution in [0.25, 0.3) is 0 Å². The first kappa shape index (κ1) is 23.6. The molecule has 7 heteroatoms. The molecule has 1 fully saturated rings. The molecule has 0 radical (unpaired) electrons. The number of amides is 2. The van der Waals surface area contributed by atoms with Gasteiger partial charge in [-0.1, -0.05) is 61.7 Å². The van der Waals surface area contributed by atoms with Crippen molar-refractivity contribution in [2.45, 2.75) is 51.2 Å². The highest BCUT2D eigenvalue weighted by Gasteiger charge is 2.34. The maximum atomic E-state index is 13.5. The van der Waals surface area contributed by atoms with E-state index in [1.54, 1.807) is 36.4 Å². The highest BCUT2D eigenvalue weighted by molar-refractivity contribution is 6.31. The lowest BCUT2D eigenvalue weighted by molar-refractivity contribution is -0.140. The van der Waals surface area contributed by atoms with Crippen LogP contribution in [0.1, 0.15) is 49.8 Å². The van der Waals surface area contributed by atoms with Gasteiger partial charge < -0.3 is 10.2 Å². The third-order valence-electron chi connectivity index (χ3n) is 5.90. The summed E-state index contributed by atoms with van der Waals surface area (Å²) in [6.07, 6.45) is 4.18. The van der Waals surface area contributed by atoms with Gasteiger partial charge in [0.05, 0.1) is 0 Å². The van der Waals surface area contributed by atoms with Crippen LogP contribution in [0.5, 0.6) is 0 Å². The lowest BCUT2D eigenvalue weighted by Crippen LogP contribution is -2.49. The quantitative estimate of drug-likeness (QED) is 0.551. The standard InChI is InChI=1S/C24H27Cl2FN2O2/c1-16-6-2-5-9-21(16)28-24(31)23(19-7-3-4-8-20(19)26)29(22(30)14-25)15-17-10-12-18(27)13-11-17/h3-4,7-8,10-13,16,21,23H,2,5-6,9,14-15H2,1H3,(H,28,31)/t16-,21+,23+/m1/s1. The Morgan fingerprint density at radius 3 is 2.45 bits per heavy atom. The van der Waals surface area contributed by atoms with Gasteiger partial charge in [0.25, 0.3) is 0 Å². The molecular formula is C24H27Cl2FN2O2. The molecule has 2 aromatic carbocycles. The van der Waals surface area contributed by atoms with E-state index in [1.807, 2.05) is 0 Å². The molecule has 1 N–H and O–H groups in total. The number of hydrogen-bond donors (Lipinski definition) is 1. The normalized spacial score (nSPS) is 19.5. The average molecular weight is 465 g/mol. The molecule has 0 bridgehead atoms. The summed E-state index contributed by atoms with van der Waals surface area (Å²) >= 11 is 12.4. The van der Waals surface area contributed by atoms with Crippen LogP contribution < -0.4 is 5.32 Å². The number of rotatable bonds is 7. The Morgan fingerprint density at radius 2 is 1.81 bits per heavy atom. The Labute approximate surface area is 192 Å². The minimum absolute atomic E-state index is 0.0463. The van der Waals surface area contributed by atoms with Gasteiger partial charge in [-0.25, -0.2) is 4.39 Å². The zero-order chi connectivity index (χ0) is 22.4.